The molecule has 0 spiro atoms. The van der Waals surface area contributed by atoms with Gasteiger partial charge < -0.3 is 4.74 Å². The van der Waals surface area contributed by atoms with Crippen LogP contribution in [0.5, 0.6) is 5.75 Å². The predicted molar refractivity (Wildman–Crippen MR) is 70.0 cm³/mol. The summed E-state index contributed by atoms with van der Waals surface area (Å²) in [5.41, 5.74) is -0.615. The third kappa shape index (κ3) is 2.74. The zero-order valence-corrected chi connectivity index (χ0v) is 12.1. The van der Waals surface area contributed by atoms with Crippen molar-refractivity contribution < 1.29 is 26.7 Å². The maximum atomic E-state index is 13.7. The van der Waals surface area contributed by atoms with E-state index >= 15 is 0 Å². The average Bonchev–Trinajstić information content (AvgIpc) is 2.51. The summed E-state index contributed by atoms with van der Waals surface area (Å²) in [6, 6.07) is 5.93. The van der Waals surface area contributed by atoms with Crippen LogP contribution < -0.4 is 4.74 Å². The molecule has 1 nitrogen and oxygen atoms in total. The van der Waals surface area contributed by atoms with Crippen molar-refractivity contribution in [3.63, 3.8) is 0 Å². The molecule has 2 aromatic carbocycles. The smallest absolute Gasteiger partial charge is 0.200 e. The number of hydrogen-bond donors (Lipinski definition) is 0. The number of alkyl halides is 1. The highest BCUT2D eigenvalue weighted by molar-refractivity contribution is 9.09. The first-order valence-electron chi connectivity index (χ1n) is 5.67. The molecule has 0 bridgehead atoms. The Hall–Kier alpha value is -1.63. The molecule has 0 fully saturated rings. The van der Waals surface area contributed by atoms with Crippen molar-refractivity contribution in [3.05, 3.63) is 64.5 Å². The molecule has 0 aliphatic carbocycles. The van der Waals surface area contributed by atoms with E-state index in [4.69, 9.17) is 4.74 Å². The fraction of sp³-hybridized carbons (Fsp3) is 0.143. The number of methoxy groups -OCH3 is 1. The zero-order valence-electron chi connectivity index (χ0n) is 10.6. The highest BCUT2D eigenvalue weighted by Crippen LogP contribution is 2.37. The van der Waals surface area contributed by atoms with Crippen LogP contribution in [-0.4, -0.2) is 7.11 Å². The molecule has 0 aromatic heterocycles. The molecule has 0 radical (unpaired) electrons. The standard InChI is InChI=1S/C14H8BrF5O/c1-21-7-4-2-6(3-5-7)9(15)8-10(16)12(18)14(20)13(19)11(8)17/h2-5,9H,1H3. The Bertz CT molecular complexity index is 643. The summed E-state index contributed by atoms with van der Waals surface area (Å²) in [7, 11) is 1.44. The minimum Gasteiger partial charge on any atom is -0.497 e. The van der Waals surface area contributed by atoms with Gasteiger partial charge in [-0.1, -0.05) is 28.1 Å². The van der Waals surface area contributed by atoms with Gasteiger partial charge in [0.25, 0.3) is 0 Å². The topological polar surface area (TPSA) is 9.23 Å². The third-order valence-electron chi connectivity index (χ3n) is 2.91. The number of rotatable bonds is 3. The van der Waals surface area contributed by atoms with Crippen LogP contribution in [0.1, 0.15) is 16.0 Å². The Kier molecular flexibility index (Phi) is 4.51. The lowest BCUT2D eigenvalue weighted by molar-refractivity contribution is 0.371. The molecule has 0 aliphatic heterocycles. The van der Waals surface area contributed by atoms with E-state index in [0.717, 1.165) is 0 Å². The van der Waals surface area contributed by atoms with Crippen molar-refractivity contribution in [1.29, 1.82) is 0 Å². The fourth-order valence-corrected chi connectivity index (χ4v) is 2.49. The molecular formula is C14H8BrF5O. The molecule has 2 aromatic rings. The minimum absolute atomic E-state index is 0.319. The summed E-state index contributed by atoms with van der Waals surface area (Å²) in [6.45, 7) is 0. The molecular weight excluding hydrogens is 359 g/mol. The average molecular weight is 367 g/mol. The van der Waals surface area contributed by atoms with Crippen LogP contribution in [0.15, 0.2) is 24.3 Å². The lowest BCUT2D eigenvalue weighted by Gasteiger charge is -2.14. The van der Waals surface area contributed by atoms with Gasteiger partial charge in [-0.05, 0) is 17.7 Å². The fourth-order valence-electron chi connectivity index (χ4n) is 1.78. The SMILES string of the molecule is COc1ccc(C(Br)c2c(F)c(F)c(F)c(F)c2F)cc1. The second-order valence-electron chi connectivity index (χ2n) is 4.12. The lowest BCUT2D eigenvalue weighted by atomic mass is 10.0. The Balaban J connectivity index is 2.55. The van der Waals surface area contributed by atoms with Crippen molar-refractivity contribution >= 4 is 15.9 Å². The molecule has 112 valence electrons. The summed E-state index contributed by atoms with van der Waals surface area (Å²) in [5, 5.41) is 0. The molecule has 0 saturated carbocycles. The maximum absolute atomic E-state index is 13.7. The van der Waals surface area contributed by atoms with Crippen molar-refractivity contribution in [2.75, 3.05) is 7.11 Å². The van der Waals surface area contributed by atoms with Gasteiger partial charge in [-0.25, -0.2) is 22.0 Å². The molecule has 0 N–H and O–H groups in total. The summed E-state index contributed by atoms with van der Waals surface area (Å²) >= 11 is 2.96. The second-order valence-corrected chi connectivity index (χ2v) is 5.03. The number of ether oxygens (including phenoxy) is 1. The van der Waals surface area contributed by atoms with Crippen LogP contribution in [0.3, 0.4) is 0 Å². The van der Waals surface area contributed by atoms with Gasteiger partial charge in [-0.3, -0.25) is 0 Å². The molecule has 21 heavy (non-hydrogen) atoms. The van der Waals surface area contributed by atoms with Gasteiger partial charge in [-0.15, -0.1) is 0 Å². The molecule has 0 amide bonds. The normalized spacial score (nSPS) is 12.3. The van der Waals surface area contributed by atoms with E-state index in [1.54, 1.807) is 0 Å². The van der Waals surface area contributed by atoms with Gasteiger partial charge in [-0.2, -0.15) is 0 Å². The lowest BCUT2D eigenvalue weighted by Crippen LogP contribution is -2.09. The van der Waals surface area contributed by atoms with Crippen LogP contribution in [0, 0.1) is 29.1 Å². The second kappa shape index (κ2) is 6.01. The highest BCUT2D eigenvalue weighted by Gasteiger charge is 2.29. The van der Waals surface area contributed by atoms with Crippen molar-refractivity contribution in [1.82, 2.24) is 0 Å². The summed E-state index contributed by atoms with van der Waals surface area (Å²) in [6.07, 6.45) is 0. The van der Waals surface area contributed by atoms with Crippen LogP contribution in [0.4, 0.5) is 22.0 Å². The Morgan fingerprint density at radius 2 is 1.24 bits per heavy atom. The maximum Gasteiger partial charge on any atom is 0.200 e. The van der Waals surface area contributed by atoms with Gasteiger partial charge in [0.1, 0.15) is 5.75 Å². The number of hydrogen-bond acceptors (Lipinski definition) is 1. The van der Waals surface area contributed by atoms with E-state index in [9.17, 15) is 22.0 Å². The molecule has 1 unspecified atom stereocenters. The quantitative estimate of drug-likeness (QED) is 0.325. The molecule has 7 heteroatoms. The van der Waals surface area contributed by atoms with E-state index in [2.05, 4.69) is 15.9 Å². The van der Waals surface area contributed by atoms with Crippen LogP contribution in [0.2, 0.25) is 0 Å². The molecule has 1 atom stereocenters. The first kappa shape index (κ1) is 15.8. The van der Waals surface area contributed by atoms with Gasteiger partial charge in [0.05, 0.1) is 11.9 Å². The molecule has 0 saturated heterocycles. The Morgan fingerprint density at radius 1 is 0.810 bits per heavy atom. The van der Waals surface area contributed by atoms with Gasteiger partial charge >= 0.3 is 0 Å². The van der Waals surface area contributed by atoms with E-state index in [-0.39, 0.29) is 0 Å². The monoisotopic (exact) mass is 366 g/mol. The van der Waals surface area contributed by atoms with Crippen LogP contribution in [0.25, 0.3) is 0 Å². The predicted octanol–water partition coefficient (Wildman–Crippen LogP) is 4.88. The minimum atomic E-state index is -2.18. The number of halogens is 6. The Morgan fingerprint density at radius 3 is 1.67 bits per heavy atom. The largest absolute Gasteiger partial charge is 0.497 e. The summed E-state index contributed by atoms with van der Waals surface area (Å²) in [5.74, 6) is -9.34. The van der Waals surface area contributed by atoms with Crippen LogP contribution >= 0.6 is 15.9 Å². The van der Waals surface area contributed by atoms with Crippen molar-refractivity contribution in [2.45, 2.75) is 4.83 Å². The van der Waals surface area contributed by atoms with Crippen molar-refractivity contribution in [2.24, 2.45) is 0 Å². The van der Waals surface area contributed by atoms with Gasteiger partial charge in [0, 0.05) is 5.56 Å². The highest BCUT2D eigenvalue weighted by atomic mass is 79.9. The number of benzene rings is 2. The summed E-state index contributed by atoms with van der Waals surface area (Å²) in [4.78, 5) is -1.19. The van der Waals surface area contributed by atoms with Crippen molar-refractivity contribution in [3.8, 4) is 5.75 Å². The van der Waals surface area contributed by atoms with E-state index in [1.165, 1.54) is 31.4 Å². The molecule has 0 aliphatic rings. The third-order valence-corrected chi connectivity index (χ3v) is 3.89. The Labute approximate surface area is 125 Å². The first-order chi connectivity index (χ1) is 9.88. The van der Waals surface area contributed by atoms with Gasteiger partial charge in [0.15, 0.2) is 23.3 Å². The van der Waals surface area contributed by atoms with Gasteiger partial charge in [0.2, 0.25) is 5.82 Å². The van der Waals surface area contributed by atoms with Crippen LogP contribution in [-0.2, 0) is 0 Å². The summed E-state index contributed by atoms with van der Waals surface area (Å²) < 4.78 is 71.7. The van der Waals surface area contributed by atoms with E-state index in [1.807, 2.05) is 0 Å². The van der Waals surface area contributed by atoms with E-state index in [0.29, 0.717) is 11.3 Å². The first-order valence-corrected chi connectivity index (χ1v) is 6.59. The zero-order chi connectivity index (χ0) is 15.7. The molecule has 2 rings (SSSR count). The molecule has 0 heterocycles. The van der Waals surface area contributed by atoms with E-state index < -0.39 is 39.5 Å².